The van der Waals surface area contributed by atoms with E-state index in [9.17, 15) is 13.2 Å². The van der Waals surface area contributed by atoms with Crippen LogP contribution in [0.25, 0.3) is 0 Å². The topological polar surface area (TPSA) is 36.4 Å². The zero-order chi connectivity index (χ0) is 13.2. The van der Waals surface area contributed by atoms with Gasteiger partial charge in [-0.15, -0.1) is 0 Å². The predicted octanol–water partition coefficient (Wildman–Crippen LogP) is 2.27. The maximum absolute atomic E-state index is 12.4. The lowest BCUT2D eigenvalue weighted by Gasteiger charge is -2.28. The van der Waals surface area contributed by atoms with Gasteiger partial charge in [0, 0.05) is 24.9 Å². The summed E-state index contributed by atoms with van der Waals surface area (Å²) in [6, 6.07) is 3.42. The number of alkyl halides is 3. The lowest BCUT2D eigenvalue weighted by molar-refractivity contribution is -0.0944. The third-order valence-corrected chi connectivity index (χ3v) is 2.89. The molecule has 0 aliphatic carbocycles. The number of hydrogen-bond donors (Lipinski definition) is 1. The molecule has 18 heavy (non-hydrogen) atoms. The predicted molar refractivity (Wildman–Crippen MR) is 61.1 cm³/mol. The van der Waals surface area contributed by atoms with Gasteiger partial charge in [0.2, 0.25) is 0 Å². The van der Waals surface area contributed by atoms with E-state index < -0.39 is 11.7 Å². The number of pyridine rings is 1. The second-order valence-electron chi connectivity index (χ2n) is 4.11. The molecule has 3 nitrogen and oxygen atoms in total. The van der Waals surface area contributed by atoms with Crippen molar-refractivity contribution in [3.05, 3.63) is 35.5 Å². The minimum atomic E-state index is -4.22. The van der Waals surface area contributed by atoms with Crippen LogP contribution in [0, 0.1) is 0 Å². The highest BCUT2D eigenvalue weighted by Crippen LogP contribution is 2.31. The minimum Gasteiger partial charge on any atom is -0.392 e. The first-order chi connectivity index (χ1) is 8.50. The van der Waals surface area contributed by atoms with Gasteiger partial charge in [0.15, 0.2) is 0 Å². The molecule has 0 spiro atoms. The Hall–Kier alpha value is -1.56. The quantitative estimate of drug-likeness (QED) is 0.827. The molecule has 0 fully saturated rings. The molecule has 1 aliphatic heterocycles. The van der Waals surface area contributed by atoms with Crippen LogP contribution in [0.1, 0.15) is 12.0 Å². The Labute approximate surface area is 103 Å². The number of aromatic nitrogens is 1. The van der Waals surface area contributed by atoms with Crippen LogP contribution < -0.4 is 4.90 Å². The third-order valence-electron chi connectivity index (χ3n) is 2.89. The second kappa shape index (κ2) is 4.97. The van der Waals surface area contributed by atoms with Crippen LogP contribution in [0.3, 0.4) is 0 Å². The molecule has 2 rings (SSSR count). The molecule has 0 saturated carbocycles. The largest absolute Gasteiger partial charge is 0.412 e. The minimum absolute atomic E-state index is 0.0209. The van der Waals surface area contributed by atoms with E-state index in [1.807, 2.05) is 0 Å². The van der Waals surface area contributed by atoms with Gasteiger partial charge in [-0.05, 0) is 18.1 Å². The molecule has 0 aromatic carbocycles. The Morgan fingerprint density at radius 3 is 2.56 bits per heavy atom. The van der Waals surface area contributed by atoms with Gasteiger partial charge in [-0.3, -0.25) is 0 Å². The highest BCUT2D eigenvalue weighted by Gasteiger charge is 2.34. The van der Waals surface area contributed by atoms with Gasteiger partial charge in [0.05, 0.1) is 6.61 Å². The first-order valence-electron chi connectivity index (χ1n) is 5.57. The number of hydrogen-bond acceptors (Lipinski definition) is 3. The Morgan fingerprint density at radius 2 is 2.11 bits per heavy atom. The molecule has 1 N–H and O–H groups in total. The molecule has 0 saturated heterocycles. The van der Waals surface area contributed by atoms with Gasteiger partial charge in [-0.25, -0.2) is 4.98 Å². The van der Waals surface area contributed by atoms with Gasteiger partial charge < -0.3 is 10.0 Å². The van der Waals surface area contributed by atoms with E-state index in [-0.39, 0.29) is 19.6 Å². The van der Waals surface area contributed by atoms with Crippen LogP contribution in [0.4, 0.5) is 19.0 Å². The van der Waals surface area contributed by atoms with E-state index in [1.165, 1.54) is 12.3 Å². The van der Waals surface area contributed by atoms with Crippen molar-refractivity contribution in [3.63, 3.8) is 0 Å². The molecule has 2 heterocycles. The highest BCUT2D eigenvalue weighted by molar-refractivity contribution is 5.42. The highest BCUT2D eigenvalue weighted by atomic mass is 19.4. The molecule has 0 radical (unpaired) electrons. The van der Waals surface area contributed by atoms with E-state index in [0.29, 0.717) is 17.9 Å². The Balaban J connectivity index is 2.07. The maximum Gasteiger partial charge on any atom is 0.412 e. The standard InChI is InChI=1S/C12H13F3N2O/c13-12(14,15)10-3-5-17(6-4-10)11-2-1-9(8-18)7-16-11/h1-3,7,18H,4-6,8H2. The summed E-state index contributed by atoms with van der Waals surface area (Å²) < 4.78 is 37.3. The van der Waals surface area contributed by atoms with Crippen molar-refractivity contribution in [1.82, 2.24) is 4.98 Å². The fraction of sp³-hybridized carbons (Fsp3) is 0.417. The molecule has 1 aliphatic rings. The summed E-state index contributed by atoms with van der Waals surface area (Å²) in [7, 11) is 0. The number of anilines is 1. The van der Waals surface area contributed by atoms with Gasteiger partial charge in [-0.1, -0.05) is 12.1 Å². The molecular weight excluding hydrogens is 245 g/mol. The lowest BCUT2D eigenvalue weighted by atomic mass is 10.1. The van der Waals surface area contributed by atoms with Gasteiger partial charge in [-0.2, -0.15) is 13.2 Å². The van der Waals surface area contributed by atoms with Crippen LogP contribution in [0.15, 0.2) is 30.0 Å². The number of rotatable bonds is 2. The first kappa shape index (κ1) is 12.9. The van der Waals surface area contributed by atoms with Crippen LogP contribution in [-0.2, 0) is 6.61 Å². The molecule has 0 bridgehead atoms. The summed E-state index contributed by atoms with van der Waals surface area (Å²) in [6.07, 6.45) is -1.52. The summed E-state index contributed by atoms with van der Waals surface area (Å²) in [5, 5.41) is 8.87. The van der Waals surface area contributed by atoms with E-state index in [0.717, 1.165) is 0 Å². The number of aliphatic hydroxyl groups is 1. The zero-order valence-corrected chi connectivity index (χ0v) is 9.61. The summed E-state index contributed by atoms with van der Waals surface area (Å²) >= 11 is 0. The molecule has 0 unspecified atom stereocenters. The molecule has 98 valence electrons. The first-order valence-corrected chi connectivity index (χ1v) is 5.57. The van der Waals surface area contributed by atoms with Crippen molar-refractivity contribution in [3.8, 4) is 0 Å². The normalized spacial score (nSPS) is 16.7. The molecule has 0 atom stereocenters. The van der Waals surface area contributed by atoms with Crippen LogP contribution in [0.5, 0.6) is 0 Å². The summed E-state index contributed by atoms with van der Waals surface area (Å²) in [4.78, 5) is 5.89. The number of aliphatic hydroxyl groups excluding tert-OH is 1. The monoisotopic (exact) mass is 258 g/mol. The molecule has 1 aromatic rings. The smallest absolute Gasteiger partial charge is 0.392 e. The Kier molecular flexibility index (Phi) is 3.56. The van der Waals surface area contributed by atoms with Crippen molar-refractivity contribution < 1.29 is 18.3 Å². The van der Waals surface area contributed by atoms with E-state index in [1.54, 1.807) is 17.0 Å². The van der Waals surface area contributed by atoms with Crippen molar-refractivity contribution in [1.29, 1.82) is 0 Å². The lowest BCUT2D eigenvalue weighted by Crippen LogP contribution is -2.32. The van der Waals surface area contributed by atoms with Gasteiger partial charge in [0.25, 0.3) is 0 Å². The van der Waals surface area contributed by atoms with Crippen molar-refractivity contribution >= 4 is 5.82 Å². The third kappa shape index (κ3) is 2.81. The average Bonchev–Trinajstić information content (AvgIpc) is 2.38. The summed E-state index contributed by atoms with van der Waals surface area (Å²) in [5.41, 5.74) is 0.216. The fourth-order valence-electron chi connectivity index (χ4n) is 1.83. The average molecular weight is 258 g/mol. The Morgan fingerprint density at radius 1 is 1.33 bits per heavy atom. The van der Waals surface area contributed by atoms with Crippen molar-refractivity contribution in [2.45, 2.75) is 19.2 Å². The Bertz CT molecular complexity index is 440. The van der Waals surface area contributed by atoms with Gasteiger partial charge in [0.1, 0.15) is 5.82 Å². The number of halogens is 3. The zero-order valence-electron chi connectivity index (χ0n) is 9.61. The van der Waals surface area contributed by atoms with E-state index >= 15 is 0 Å². The molecule has 1 aromatic heterocycles. The fourth-order valence-corrected chi connectivity index (χ4v) is 1.83. The number of nitrogens with zero attached hydrogens (tertiary/aromatic N) is 2. The van der Waals surface area contributed by atoms with Crippen LogP contribution in [-0.4, -0.2) is 29.4 Å². The van der Waals surface area contributed by atoms with Gasteiger partial charge >= 0.3 is 6.18 Å². The SMILES string of the molecule is OCc1ccc(N2CC=C(C(F)(F)F)CC2)nc1. The van der Waals surface area contributed by atoms with E-state index in [4.69, 9.17) is 5.11 Å². The molecule has 0 amide bonds. The summed E-state index contributed by atoms with van der Waals surface area (Å²) in [5.74, 6) is 0.629. The van der Waals surface area contributed by atoms with Crippen LogP contribution in [0.2, 0.25) is 0 Å². The second-order valence-corrected chi connectivity index (χ2v) is 4.11. The maximum atomic E-state index is 12.4. The van der Waals surface area contributed by atoms with Crippen molar-refractivity contribution in [2.24, 2.45) is 0 Å². The van der Waals surface area contributed by atoms with Crippen LogP contribution >= 0.6 is 0 Å². The van der Waals surface area contributed by atoms with E-state index in [2.05, 4.69) is 4.98 Å². The van der Waals surface area contributed by atoms with Crippen molar-refractivity contribution in [2.75, 3.05) is 18.0 Å². The summed E-state index contributed by atoms with van der Waals surface area (Å²) in [6.45, 7) is 0.419. The molecular formula is C12H13F3N2O. The molecule has 6 heteroatoms.